The van der Waals surface area contributed by atoms with Crippen LogP contribution in [-0.4, -0.2) is 75.7 Å². The number of likely N-dealkylation sites (N-methyl/N-ethyl adjacent to an activating group) is 1. The number of sulfonamides is 2. The highest BCUT2D eigenvalue weighted by atomic mass is 32.2. The zero-order valence-electron chi connectivity index (χ0n) is 18.9. The molecule has 10 heteroatoms. The minimum Gasteiger partial charge on any atom is -0.487 e. The predicted octanol–water partition coefficient (Wildman–Crippen LogP) is 1.35. The Balaban J connectivity index is 2.62. The Morgan fingerprint density at radius 3 is 2.52 bits per heavy atom. The Morgan fingerprint density at radius 2 is 1.97 bits per heavy atom. The van der Waals surface area contributed by atoms with Gasteiger partial charge in [0.15, 0.2) is 0 Å². The lowest BCUT2D eigenvalue weighted by Crippen LogP contribution is -2.50. The van der Waals surface area contributed by atoms with Crippen molar-refractivity contribution < 1.29 is 26.7 Å². The van der Waals surface area contributed by atoms with Crippen molar-refractivity contribution in [3.8, 4) is 17.6 Å². The Hall–Kier alpha value is -1.64. The maximum absolute atomic E-state index is 13.4. The van der Waals surface area contributed by atoms with E-state index in [2.05, 4.69) is 11.8 Å². The number of rotatable bonds is 5. The average molecular weight is 473 g/mol. The first-order valence-electron chi connectivity index (χ1n) is 10.1. The van der Waals surface area contributed by atoms with E-state index < -0.39 is 32.2 Å². The monoisotopic (exact) mass is 472 g/mol. The van der Waals surface area contributed by atoms with Crippen LogP contribution in [0.2, 0.25) is 0 Å². The molecule has 3 atom stereocenters. The molecule has 0 amide bonds. The number of nitrogens with zero attached hydrogens (tertiary/aromatic N) is 2. The molecule has 0 aromatic heterocycles. The Kier molecular flexibility index (Phi) is 8.16. The fourth-order valence-corrected chi connectivity index (χ4v) is 5.38. The SMILES string of the molecule is CC(C)C#Cc1ccc2c(c1)O[C@H](CN(C)S(C)(=O)=O)[C@@H](C)CN([C@H](C)CO)S2(=O)=O. The molecule has 1 aliphatic rings. The molecule has 1 aromatic carbocycles. The Morgan fingerprint density at radius 1 is 1.32 bits per heavy atom. The number of aliphatic hydroxyl groups excluding tert-OH is 1. The van der Waals surface area contributed by atoms with Gasteiger partial charge in [-0.3, -0.25) is 0 Å². The zero-order valence-corrected chi connectivity index (χ0v) is 20.5. The van der Waals surface area contributed by atoms with Crippen LogP contribution in [0.4, 0.5) is 0 Å². The molecule has 0 radical (unpaired) electrons. The predicted molar refractivity (Wildman–Crippen MR) is 120 cm³/mol. The number of benzene rings is 1. The molecule has 0 bridgehead atoms. The van der Waals surface area contributed by atoms with Crippen LogP contribution >= 0.6 is 0 Å². The first-order chi connectivity index (χ1) is 14.3. The highest BCUT2D eigenvalue weighted by Crippen LogP contribution is 2.34. The van der Waals surface area contributed by atoms with Crippen LogP contribution in [-0.2, 0) is 20.0 Å². The lowest BCUT2D eigenvalue weighted by Gasteiger charge is -2.37. The second kappa shape index (κ2) is 9.88. The van der Waals surface area contributed by atoms with E-state index in [1.54, 1.807) is 26.0 Å². The highest BCUT2D eigenvalue weighted by Gasteiger charge is 2.38. The zero-order chi connectivity index (χ0) is 23.6. The van der Waals surface area contributed by atoms with Gasteiger partial charge in [-0.1, -0.05) is 32.6 Å². The standard InChI is InChI=1S/C21H32N2O6S2/c1-15(2)7-8-18-9-10-21-19(11-18)29-20(13-22(5)30(6,25)26)16(3)12-23(17(4)14-24)31(21,27)28/h9-11,15-17,20,24H,12-14H2,1-6H3/t16-,17+,20+/m0/s1. The molecule has 31 heavy (non-hydrogen) atoms. The van der Waals surface area contributed by atoms with Gasteiger partial charge in [-0.25, -0.2) is 21.1 Å². The Bertz CT molecular complexity index is 1060. The van der Waals surface area contributed by atoms with Gasteiger partial charge < -0.3 is 9.84 Å². The molecule has 8 nitrogen and oxygen atoms in total. The largest absolute Gasteiger partial charge is 0.487 e. The van der Waals surface area contributed by atoms with Gasteiger partial charge in [0.2, 0.25) is 20.0 Å². The number of fused-ring (bicyclic) bond motifs is 1. The minimum atomic E-state index is -3.95. The van der Waals surface area contributed by atoms with Crippen LogP contribution in [0.15, 0.2) is 23.1 Å². The topological polar surface area (TPSA) is 104 Å². The van der Waals surface area contributed by atoms with Gasteiger partial charge in [0.05, 0.1) is 19.4 Å². The van der Waals surface area contributed by atoms with Crippen molar-refractivity contribution in [1.29, 1.82) is 0 Å². The summed E-state index contributed by atoms with van der Waals surface area (Å²) in [5.74, 6) is 5.98. The van der Waals surface area contributed by atoms with E-state index in [9.17, 15) is 21.9 Å². The van der Waals surface area contributed by atoms with Crippen LogP contribution in [0.3, 0.4) is 0 Å². The van der Waals surface area contributed by atoms with Gasteiger partial charge in [-0.05, 0) is 25.1 Å². The van der Waals surface area contributed by atoms with Crippen LogP contribution in [0, 0.1) is 23.7 Å². The fourth-order valence-electron chi connectivity index (χ4n) is 3.14. The summed E-state index contributed by atoms with van der Waals surface area (Å²) < 4.78 is 59.2. The van der Waals surface area contributed by atoms with E-state index >= 15 is 0 Å². The van der Waals surface area contributed by atoms with Crippen molar-refractivity contribution in [3.05, 3.63) is 23.8 Å². The van der Waals surface area contributed by atoms with Crippen LogP contribution in [0.5, 0.6) is 5.75 Å². The molecule has 1 N–H and O–H groups in total. The molecular formula is C21H32N2O6S2. The molecule has 1 aromatic rings. The molecule has 1 heterocycles. The highest BCUT2D eigenvalue weighted by molar-refractivity contribution is 7.89. The number of aliphatic hydroxyl groups is 1. The lowest BCUT2D eigenvalue weighted by atomic mass is 10.0. The number of ether oxygens (including phenoxy) is 1. The fraction of sp³-hybridized carbons (Fsp3) is 0.619. The van der Waals surface area contributed by atoms with E-state index in [1.807, 2.05) is 13.8 Å². The van der Waals surface area contributed by atoms with Crippen molar-refractivity contribution in [3.63, 3.8) is 0 Å². The van der Waals surface area contributed by atoms with Crippen molar-refractivity contribution >= 4 is 20.0 Å². The summed E-state index contributed by atoms with van der Waals surface area (Å²) in [4.78, 5) is -0.0261. The third-order valence-corrected chi connectivity index (χ3v) is 8.48. The van der Waals surface area contributed by atoms with E-state index in [-0.39, 0.29) is 42.2 Å². The summed E-state index contributed by atoms with van der Waals surface area (Å²) in [5, 5.41) is 9.66. The van der Waals surface area contributed by atoms with Gasteiger partial charge >= 0.3 is 0 Å². The first kappa shape index (κ1) is 25.6. The maximum Gasteiger partial charge on any atom is 0.247 e. The van der Waals surface area contributed by atoms with Crippen LogP contribution in [0.1, 0.15) is 33.3 Å². The second-order valence-corrected chi connectivity index (χ2v) is 12.3. The van der Waals surface area contributed by atoms with Crippen LogP contribution in [0.25, 0.3) is 0 Å². The van der Waals surface area contributed by atoms with E-state index in [0.29, 0.717) is 5.56 Å². The smallest absolute Gasteiger partial charge is 0.247 e. The van der Waals surface area contributed by atoms with Gasteiger partial charge in [-0.15, -0.1) is 0 Å². The van der Waals surface area contributed by atoms with Crippen LogP contribution < -0.4 is 4.74 Å². The molecule has 1 aliphatic heterocycles. The minimum absolute atomic E-state index is 0.0261. The summed E-state index contributed by atoms with van der Waals surface area (Å²) in [5.41, 5.74) is 0.604. The molecule has 0 saturated heterocycles. The van der Waals surface area contributed by atoms with Gasteiger partial charge in [-0.2, -0.15) is 4.31 Å². The number of hydrogen-bond acceptors (Lipinski definition) is 6. The summed E-state index contributed by atoms with van der Waals surface area (Å²) in [6.45, 7) is 7.15. The molecule has 2 rings (SSSR count). The molecule has 0 unspecified atom stereocenters. The molecular weight excluding hydrogens is 440 g/mol. The first-order valence-corrected chi connectivity index (χ1v) is 13.4. The summed E-state index contributed by atoms with van der Waals surface area (Å²) >= 11 is 0. The van der Waals surface area contributed by atoms with E-state index in [0.717, 1.165) is 6.26 Å². The third kappa shape index (κ3) is 6.20. The van der Waals surface area contributed by atoms with Crippen molar-refractivity contribution in [2.24, 2.45) is 11.8 Å². The molecule has 0 spiro atoms. The number of hydrogen-bond donors (Lipinski definition) is 1. The normalized spacial score (nSPS) is 22.6. The van der Waals surface area contributed by atoms with Crippen molar-refractivity contribution in [2.75, 3.05) is 33.0 Å². The molecule has 0 fully saturated rings. The van der Waals surface area contributed by atoms with E-state index in [4.69, 9.17) is 4.74 Å². The van der Waals surface area contributed by atoms with Crippen molar-refractivity contribution in [2.45, 2.75) is 44.7 Å². The summed E-state index contributed by atoms with van der Waals surface area (Å²) in [7, 11) is -5.94. The van der Waals surface area contributed by atoms with Gasteiger partial charge in [0, 0.05) is 37.0 Å². The van der Waals surface area contributed by atoms with Crippen molar-refractivity contribution in [1.82, 2.24) is 8.61 Å². The maximum atomic E-state index is 13.4. The van der Waals surface area contributed by atoms with E-state index in [1.165, 1.54) is 21.7 Å². The second-order valence-electron chi connectivity index (χ2n) is 8.37. The Labute approximate surface area is 186 Å². The van der Waals surface area contributed by atoms with Gasteiger partial charge in [0.25, 0.3) is 0 Å². The molecule has 174 valence electrons. The third-order valence-electron chi connectivity index (χ3n) is 5.18. The molecule has 0 saturated carbocycles. The summed E-state index contributed by atoms with van der Waals surface area (Å²) in [6, 6.07) is 4.02. The quantitative estimate of drug-likeness (QED) is 0.649. The summed E-state index contributed by atoms with van der Waals surface area (Å²) in [6.07, 6.45) is 0.509. The molecule has 0 aliphatic carbocycles. The van der Waals surface area contributed by atoms with Gasteiger partial charge in [0.1, 0.15) is 16.7 Å². The lowest BCUT2D eigenvalue weighted by molar-refractivity contribution is 0.0905. The average Bonchev–Trinajstić information content (AvgIpc) is 2.67.